The van der Waals surface area contributed by atoms with E-state index in [9.17, 15) is 13.5 Å². The van der Waals surface area contributed by atoms with Gasteiger partial charge >= 0.3 is 0 Å². The van der Waals surface area contributed by atoms with Crippen molar-refractivity contribution in [1.29, 1.82) is 0 Å². The van der Waals surface area contributed by atoms with Crippen LogP contribution < -0.4 is 10.0 Å². The number of rotatable bonds is 4. The quantitative estimate of drug-likeness (QED) is 0.663. The molecule has 1 aliphatic carbocycles. The van der Waals surface area contributed by atoms with E-state index in [1.165, 1.54) is 0 Å². The summed E-state index contributed by atoms with van der Waals surface area (Å²) in [6, 6.07) is -0.283. The Kier molecular flexibility index (Phi) is 5.62. The van der Waals surface area contributed by atoms with Crippen LogP contribution in [0.4, 0.5) is 0 Å². The molecular formula is C13H26N2O3S. The lowest BCUT2D eigenvalue weighted by molar-refractivity contribution is 0.130. The number of aliphatic hydroxyl groups is 1. The van der Waals surface area contributed by atoms with E-state index >= 15 is 0 Å². The van der Waals surface area contributed by atoms with E-state index in [-0.39, 0.29) is 17.7 Å². The molecule has 19 heavy (non-hydrogen) atoms. The zero-order valence-electron chi connectivity index (χ0n) is 11.5. The second kappa shape index (κ2) is 7.02. The number of sulfonamides is 1. The van der Waals surface area contributed by atoms with Crippen LogP contribution in [0, 0.1) is 5.92 Å². The molecule has 0 aromatic rings. The molecule has 0 aromatic carbocycles. The minimum atomic E-state index is -3.27. The summed E-state index contributed by atoms with van der Waals surface area (Å²) < 4.78 is 27.1. The first kappa shape index (κ1) is 15.2. The maximum atomic E-state index is 12.2. The van der Waals surface area contributed by atoms with Gasteiger partial charge in [-0.25, -0.2) is 13.1 Å². The lowest BCUT2D eigenvalue weighted by Crippen LogP contribution is -2.45. The summed E-state index contributed by atoms with van der Waals surface area (Å²) in [6.07, 6.45) is 5.87. The van der Waals surface area contributed by atoms with Gasteiger partial charge in [0.25, 0.3) is 0 Å². The van der Waals surface area contributed by atoms with E-state index in [4.69, 9.17) is 0 Å². The summed E-state index contributed by atoms with van der Waals surface area (Å²) in [5.74, 6) is 0.458. The molecule has 3 N–H and O–H groups in total. The average molecular weight is 290 g/mol. The van der Waals surface area contributed by atoms with Gasteiger partial charge in [-0.2, -0.15) is 0 Å². The second-order valence-corrected chi connectivity index (χ2v) is 7.70. The molecule has 0 amide bonds. The molecule has 1 saturated heterocycles. The standard InChI is InChI=1S/C13H26N2O3S/c16-13-5-3-1-2-4-12(13)15-19(17,18)10-11-6-8-14-9-7-11/h11-16H,1-10H2. The lowest BCUT2D eigenvalue weighted by atomic mass is 10.0. The van der Waals surface area contributed by atoms with Crippen LogP contribution in [0.2, 0.25) is 0 Å². The van der Waals surface area contributed by atoms with Crippen LogP contribution in [0.25, 0.3) is 0 Å². The lowest BCUT2D eigenvalue weighted by Gasteiger charge is -2.25. The molecule has 2 aliphatic rings. The van der Waals surface area contributed by atoms with E-state index in [0.29, 0.717) is 6.42 Å². The molecule has 2 atom stereocenters. The Morgan fingerprint density at radius 1 is 1.05 bits per heavy atom. The average Bonchev–Trinajstić information content (AvgIpc) is 2.55. The predicted octanol–water partition coefficient (Wildman–Crippen LogP) is 0.599. The third-order valence-corrected chi connectivity index (χ3v) is 5.80. The van der Waals surface area contributed by atoms with Crippen molar-refractivity contribution in [1.82, 2.24) is 10.0 Å². The normalized spacial score (nSPS) is 31.0. The van der Waals surface area contributed by atoms with Crippen LogP contribution in [-0.2, 0) is 10.0 Å². The summed E-state index contributed by atoms with van der Waals surface area (Å²) in [5.41, 5.74) is 0. The molecular weight excluding hydrogens is 264 g/mol. The van der Waals surface area contributed by atoms with Gasteiger partial charge in [-0.05, 0) is 44.7 Å². The molecule has 2 unspecified atom stereocenters. The van der Waals surface area contributed by atoms with Crippen molar-refractivity contribution in [2.45, 2.75) is 57.1 Å². The number of hydrogen-bond acceptors (Lipinski definition) is 4. The predicted molar refractivity (Wildman–Crippen MR) is 75.4 cm³/mol. The van der Waals surface area contributed by atoms with Gasteiger partial charge in [0.15, 0.2) is 0 Å². The smallest absolute Gasteiger partial charge is 0.212 e. The fraction of sp³-hybridized carbons (Fsp3) is 1.00. The maximum Gasteiger partial charge on any atom is 0.212 e. The van der Waals surface area contributed by atoms with Gasteiger partial charge in [0.2, 0.25) is 10.0 Å². The molecule has 112 valence electrons. The van der Waals surface area contributed by atoms with Gasteiger partial charge in [0, 0.05) is 6.04 Å². The zero-order chi connectivity index (χ0) is 13.7. The highest BCUT2D eigenvalue weighted by Crippen LogP contribution is 2.20. The monoisotopic (exact) mass is 290 g/mol. The van der Waals surface area contributed by atoms with E-state index < -0.39 is 16.1 Å². The summed E-state index contributed by atoms with van der Waals surface area (Å²) in [4.78, 5) is 0. The Labute approximate surface area is 116 Å². The molecule has 0 spiro atoms. The molecule has 1 aliphatic heterocycles. The van der Waals surface area contributed by atoms with E-state index in [1.54, 1.807) is 0 Å². The van der Waals surface area contributed by atoms with Crippen molar-refractivity contribution in [2.75, 3.05) is 18.8 Å². The largest absolute Gasteiger partial charge is 0.391 e. The maximum absolute atomic E-state index is 12.2. The summed E-state index contributed by atoms with van der Waals surface area (Å²) in [6.45, 7) is 1.82. The summed E-state index contributed by atoms with van der Waals surface area (Å²) in [7, 11) is -3.27. The molecule has 2 rings (SSSR count). The molecule has 0 aromatic heterocycles. The topological polar surface area (TPSA) is 78.4 Å². The van der Waals surface area contributed by atoms with E-state index in [1.807, 2.05) is 0 Å². The molecule has 1 heterocycles. The van der Waals surface area contributed by atoms with Gasteiger partial charge in [0.1, 0.15) is 0 Å². The summed E-state index contributed by atoms with van der Waals surface area (Å²) >= 11 is 0. The second-order valence-electron chi connectivity index (χ2n) is 5.90. The third kappa shape index (κ3) is 5.02. The van der Waals surface area contributed by atoms with Crippen molar-refractivity contribution in [2.24, 2.45) is 5.92 Å². The van der Waals surface area contributed by atoms with Gasteiger partial charge < -0.3 is 10.4 Å². The van der Waals surface area contributed by atoms with Crippen molar-refractivity contribution < 1.29 is 13.5 Å². The van der Waals surface area contributed by atoms with Crippen LogP contribution in [0.15, 0.2) is 0 Å². The molecule has 5 nitrogen and oxygen atoms in total. The highest BCUT2D eigenvalue weighted by molar-refractivity contribution is 7.89. The van der Waals surface area contributed by atoms with Gasteiger partial charge in [0.05, 0.1) is 11.9 Å². The van der Waals surface area contributed by atoms with Crippen LogP contribution >= 0.6 is 0 Å². The van der Waals surface area contributed by atoms with E-state index in [2.05, 4.69) is 10.0 Å². The number of piperidine rings is 1. The SMILES string of the molecule is O=S(=O)(CC1CCNCC1)NC1CCCCCC1O. The van der Waals surface area contributed by atoms with Gasteiger partial charge in [-0.3, -0.25) is 0 Å². The highest BCUT2D eigenvalue weighted by Gasteiger charge is 2.28. The van der Waals surface area contributed by atoms with Gasteiger partial charge in [-0.15, -0.1) is 0 Å². The Hall–Kier alpha value is -0.170. The first-order valence-electron chi connectivity index (χ1n) is 7.45. The molecule has 0 radical (unpaired) electrons. The van der Waals surface area contributed by atoms with Crippen LogP contribution in [0.5, 0.6) is 0 Å². The minimum Gasteiger partial charge on any atom is -0.391 e. The van der Waals surface area contributed by atoms with Crippen LogP contribution in [0.3, 0.4) is 0 Å². The summed E-state index contributed by atoms with van der Waals surface area (Å²) in [5, 5.41) is 13.2. The Morgan fingerprint density at radius 3 is 2.47 bits per heavy atom. The van der Waals surface area contributed by atoms with Crippen LogP contribution in [0.1, 0.15) is 44.9 Å². The van der Waals surface area contributed by atoms with Crippen LogP contribution in [-0.4, -0.2) is 44.5 Å². The first-order chi connectivity index (χ1) is 9.07. The fourth-order valence-electron chi connectivity index (χ4n) is 3.06. The Morgan fingerprint density at radius 2 is 1.74 bits per heavy atom. The van der Waals surface area contributed by atoms with Crippen molar-refractivity contribution in [3.63, 3.8) is 0 Å². The number of hydrogen-bond donors (Lipinski definition) is 3. The molecule has 6 heteroatoms. The highest BCUT2D eigenvalue weighted by atomic mass is 32.2. The van der Waals surface area contributed by atoms with Crippen molar-refractivity contribution in [3.05, 3.63) is 0 Å². The zero-order valence-corrected chi connectivity index (χ0v) is 12.3. The number of aliphatic hydroxyl groups excluding tert-OH is 1. The number of nitrogens with one attached hydrogen (secondary N) is 2. The third-order valence-electron chi connectivity index (χ3n) is 4.22. The Balaban J connectivity index is 1.87. The fourth-order valence-corrected chi connectivity index (χ4v) is 4.85. The molecule has 2 fully saturated rings. The minimum absolute atomic E-state index is 0.206. The van der Waals surface area contributed by atoms with Crippen molar-refractivity contribution in [3.8, 4) is 0 Å². The van der Waals surface area contributed by atoms with Gasteiger partial charge in [-0.1, -0.05) is 19.3 Å². The Bertz CT molecular complexity index is 366. The molecule has 0 bridgehead atoms. The molecule has 1 saturated carbocycles. The van der Waals surface area contributed by atoms with E-state index in [0.717, 1.165) is 51.6 Å². The first-order valence-corrected chi connectivity index (χ1v) is 9.11. The van der Waals surface area contributed by atoms with Crippen molar-refractivity contribution >= 4 is 10.0 Å².